The van der Waals surface area contributed by atoms with Crippen molar-refractivity contribution in [1.29, 1.82) is 0 Å². The lowest BCUT2D eigenvalue weighted by Crippen LogP contribution is -2.25. The van der Waals surface area contributed by atoms with Crippen LogP contribution < -0.4 is 10.5 Å². The fraction of sp³-hybridized carbons (Fsp3) is 0.538. The van der Waals surface area contributed by atoms with Crippen molar-refractivity contribution in [2.45, 2.75) is 44.9 Å². The van der Waals surface area contributed by atoms with Crippen molar-refractivity contribution < 1.29 is 9.84 Å². The van der Waals surface area contributed by atoms with E-state index in [0.717, 1.165) is 18.6 Å². The highest BCUT2D eigenvalue weighted by molar-refractivity contribution is 5.40. The van der Waals surface area contributed by atoms with Crippen molar-refractivity contribution in [2.75, 3.05) is 0 Å². The molecule has 0 saturated heterocycles. The molecular weight excluding hydrogens is 202 g/mol. The summed E-state index contributed by atoms with van der Waals surface area (Å²) in [5, 5.41) is 9.37. The Bertz CT molecular complexity index is 376. The van der Waals surface area contributed by atoms with Gasteiger partial charge in [0.15, 0.2) is 0 Å². The van der Waals surface area contributed by atoms with Crippen LogP contribution in [0.4, 0.5) is 0 Å². The van der Waals surface area contributed by atoms with Crippen LogP contribution in [0.5, 0.6) is 5.75 Å². The molecule has 1 aliphatic carbocycles. The second-order valence-electron chi connectivity index (χ2n) is 4.57. The summed E-state index contributed by atoms with van der Waals surface area (Å²) in [5.41, 5.74) is 8.48. The number of rotatable bonds is 3. The standard InChI is InChI=1S/C13H19NO2/c1-8(15)9(2)16-11-4-5-12-10(7-11)3-6-13(12)14/h4-5,7-9,13,15H,3,6,14H2,1-2H3. The lowest BCUT2D eigenvalue weighted by Gasteiger charge is -2.18. The van der Waals surface area contributed by atoms with E-state index in [1.807, 2.05) is 25.1 Å². The molecule has 1 aliphatic rings. The lowest BCUT2D eigenvalue weighted by atomic mass is 10.1. The number of aryl methyl sites for hydroxylation is 1. The third kappa shape index (κ3) is 2.20. The molecule has 0 amide bonds. The summed E-state index contributed by atoms with van der Waals surface area (Å²) < 4.78 is 5.65. The molecule has 0 heterocycles. The van der Waals surface area contributed by atoms with Gasteiger partial charge in [0.1, 0.15) is 11.9 Å². The Morgan fingerprint density at radius 1 is 1.44 bits per heavy atom. The average Bonchev–Trinajstić information content (AvgIpc) is 2.60. The Morgan fingerprint density at radius 3 is 2.88 bits per heavy atom. The minimum absolute atomic E-state index is 0.179. The fourth-order valence-corrected chi connectivity index (χ4v) is 2.01. The molecule has 2 rings (SSSR count). The Hall–Kier alpha value is -1.06. The molecular formula is C13H19NO2. The normalized spacial score (nSPS) is 22.6. The third-order valence-electron chi connectivity index (χ3n) is 3.24. The van der Waals surface area contributed by atoms with E-state index in [4.69, 9.17) is 10.5 Å². The van der Waals surface area contributed by atoms with Crippen LogP contribution in [-0.2, 0) is 6.42 Å². The van der Waals surface area contributed by atoms with E-state index in [2.05, 4.69) is 0 Å². The second kappa shape index (κ2) is 4.44. The first-order chi connectivity index (χ1) is 7.58. The molecule has 0 aromatic heterocycles. The predicted molar refractivity (Wildman–Crippen MR) is 63.5 cm³/mol. The molecule has 3 nitrogen and oxygen atoms in total. The minimum atomic E-state index is -0.462. The SMILES string of the molecule is CC(O)C(C)Oc1ccc2c(c1)CCC2N. The molecule has 1 aromatic carbocycles. The van der Waals surface area contributed by atoms with E-state index in [1.165, 1.54) is 11.1 Å². The Morgan fingerprint density at radius 2 is 2.19 bits per heavy atom. The van der Waals surface area contributed by atoms with Gasteiger partial charge in [0.25, 0.3) is 0 Å². The summed E-state index contributed by atoms with van der Waals surface area (Å²) in [7, 11) is 0. The van der Waals surface area contributed by atoms with Gasteiger partial charge in [0.2, 0.25) is 0 Å². The smallest absolute Gasteiger partial charge is 0.121 e. The summed E-state index contributed by atoms with van der Waals surface area (Å²) in [5.74, 6) is 0.821. The number of aliphatic hydroxyl groups is 1. The molecule has 0 radical (unpaired) electrons. The number of aliphatic hydroxyl groups excluding tert-OH is 1. The van der Waals surface area contributed by atoms with Crippen LogP contribution in [0.15, 0.2) is 18.2 Å². The van der Waals surface area contributed by atoms with E-state index < -0.39 is 6.10 Å². The molecule has 3 heteroatoms. The zero-order chi connectivity index (χ0) is 11.7. The molecule has 3 unspecified atom stereocenters. The van der Waals surface area contributed by atoms with Gasteiger partial charge < -0.3 is 15.6 Å². The van der Waals surface area contributed by atoms with Crippen LogP contribution in [-0.4, -0.2) is 17.3 Å². The molecule has 88 valence electrons. The zero-order valence-corrected chi connectivity index (χ0v) is 9.81. The van der Waals surface area contributed by atoms with Gasteiger partial charge in [-0.05, 0) is 49.9 Å². The Kier molecular flexibility index (Phi) is 3.17. The highest BCUT2D eigenvalue weighted by atomic mass is 16.5. The molecule has 0 bridgehead atoms. The van der Waals surface area contributed by atoms with Crippen molar-refractivity contribution in [3.05, 3.63) is 29.3 Å². The van der Waals surface area contributed by atoms with Crippen LogP contribution in [0.25, 0.3) is 0 Å². The number of hydrogen-bond acceptors (Lipinski definition) is 3. The molecule has 1 aromatic rings. The van der Waals surface area contributed by atoms with E-state index in [9.17, 15) is 5.11 Å². The van der Waals surface area contributed by atoms with Crippen molar-refractivity contribution in [3.8, 4) is 5.75 Å². The van der Waals surface area contributed by atoms with Crippen LogP contribution in [0.3, 0.4) is 0 Å². The zero-order valence-electron chi connectivity index (χ0n) is 9.81. The first-order valence-corrected chi connectivity index (χ1v) is 5.81. The molecule has 3 atom stereocenters. The summed E-state index contributed by atoms with van der Waals surface area (Å²) in [6.45, 7) is 3.59. The van der Waals surface area contributed by atoms with Crippen LogP contribution in [0.1, 0.15) is 37.4 Å². The number of hydrogen-bond donors (Lipinski definition) is 2. The van der Waals surface area contributed by atoms with Gasteiger partial charge in [-0.1, -0.05) is 6.07 Å². The maximum Gasteiger partial charge on any atom is 0.121 e. The molecule has 16 heavy (non-hydrogen) atoms. The van der Waals surface area contributed by atoms with Crippen molar-refractivity contribution in [3.63, 3.8) is 0 Å². The van der Waals surface area contributed by atoms with Gasteiger partial charge in [-0.15, -0.1) is 0 Å². The van der Waals surface area contributed by atoms with Crippen molar-refractivity contribution >= 4 is 0 Å². The van der Waals surface area contributed by atoms with E-state index in [-0.39, 0.29) is 12.1 Å². The van der Waals surface area contributed by atoms with Crippen molar-refractivity contribution in [2.24, 2.45) is 5.73 Å². The summed E-state index contributed by atoms with van der Waals surface area (Å²) in [6, 6.07) is 6.19. The second-order valence-corrected chi connectivity index (χ2v) is 4.57. The number of benzene rings is 1. The molecule has 3 N–H and O–H groups in total. The van der Waals surface area contributed by atoms with Crippen molar-refractivity contribution in [1.82, 2.24) is 0 Å². The molecule has 0 spiro atoms. The van der Waals surface area contributed by atoms with Gasteiger partial charge in [0, 0.05) is 6.04 Å². The number of fused-ring (bicyclic) bond motifs is 1. The van der Waals surface area contributed by atoms with Gasteiger partial charge >= 0.3 is 0 Å². The van der Waals surface area contributed by atoms with E-state index in [1.54, 1.807) is 6.92 Å². The summed E-state index contributed by atoms with van der Waals surface area (Å²) >= 11 is 0. The quantitative estimate of drug-likeness (QED) is 0.818. The largest absolute Gasteiger partial charge is 0.488 e. The Balaban J connectivity index is 2.13. The highest BCUT2D eigenvalue weighted by Crippen LogP contribution is 2.32. The highest BCUT2D eigenvalue weighted by Gasteiger charge is 2.19. The topological polar surface area (TPSA) is 55.5 Å². The van der Waals surface area contributed by atoms with Crippen LogP contribution in [0.2, 0.25) is 0 Å². The maximum atomic E-state index is 9.37. The molecule has 0 fully saturated rings. The first kappa shape index (κ1) is 11.4. The number of nitrogens with two attached hydrogens (primary N) is 1. The summed E-state index contributed by atoms with van der Waals surface area (Å²) in [6.07, 6.45) is 1.39. The Labute approximate surface area is 96.2 Å². The monoisotopic (exact) mass is 221 g/mol. The van der Waals surface area contributed by atoms with Crippen LogP contribution >= 0.6 is 0 Å². The molecule has 0 aliphatic heterocycles. The van der Waals surface area contributed by atoms with Crippen LogP contribution in [0, 0.1) is 0 Å². The van der Waals surface area contributed by atoms with Gasteiger partial charge in [0.05, 0.1) is 6.10 Å². The maximum absolute atomic E-state index is 9.37. The fourth-order valence-electron chi connectivity index (χ4n) is 2.01. The van der Waals surface area contributed by atoms with Gasteiger partial charge in [-0.2, -0.15) is 0 Å². The predicted octanol–water partition coefficient (Wildman–Crippen LogP) is 1.78. The lowest BCUT2D eigenvalue weighted by molar-refractivity contribution is 0.0604. The van der Waals surface area contributed by atoms with E-state index in [0.29, 0.717) is 0 Å². The van der Waals surface area contributed by atoms with Gasteiger partial charge in [-0.25, -0.2) is 0 Å². The third-order valence-corrected chi connectivity index (χ3v) is 3.24. The first-order valence-electron chi connectivity index (χ1n) is 5.81. The average molecular weight is 221 g/mol. The summed E-state index contributed by atoms with van der Waals surface area (Å²) in [4.78, 5) is 0. The van der Waals surface area contributed by atoms with E-state index >= 15 is 0 Å². The molecule has 0 saturated carbocycles. The minimum Gasteiger partial charge on any atom is -0.488 e. The van der Waals surface area contributed by atoms with Gasteiger partial charge in [-0.3, -0.25) is 0 Å². The number of ether oxygens (including phenoxy) is 1.